The van der Waals surface area contributed by atoms with Gasteiger partial charge in [-0.3, -0.25) is 9.69 Å². The van der Waals surface area contributed by atoms with Crippen molar-refractivity contribution in [3.8, 4) is 17.2 Å². The van der Waals surface area contributed by atoms with Crippen LogP contribution in [0.4, 0.5) is 0 Å². The van der Waals surface area contributed by atoms with Crippen LogP contribution in [0.3, 0.4) is 0 Å². The zero-order chi connectivity index (χ0) is 15.5. The molecular formula is C15H20N2O5. The number of ether oxygens (including phenoxy) is 3. The minimum Gasteiger partial charge on any atom is -0.507 e. The van der Waals surface area contributed by atoms with Gasteiger partial charge in [0.05, 0.1) is 18.8 Å². The summed E-state index contributed by atoms with van der Waals surface area (Å²) in [5.41, 5.74) is 0.193. The van der Waals surface area contributed by atoms with E-state index in [2.05, 4.69) is 17.1 Å². The Balaban J connectivity index is 1.60. The number of hydrogen-bond donors (Lipinski definition) is 2. The summed E-state index contributed by atoms with van der Waals surface area (Å²) in [6.07, 6.45) is 0. The lowest BCUT2D eigenvalue weighted by Crippen LogP contribution is -2.47. The van der Waals surface area contributed by atoms with E-state index in [0.29, 0.717) is 18.0 Å². The van der Waals surface area contributed by atoms with Crippen molar-refractivity contribution in [2.45, 2.75) is 13.0 Å². The Hall–Kier alpha value is -1.99. The van der Waals surface area contributed by atoms with Crippen LogP contribution in [0.25, 0.3) is 0 Å². The number of fused-ring (bicyclic) bond motifs is 1. The van der Waals surface area contributed by atoms with Gasteiger partial charge in [-0.2, -0.15) is 0 Å². The first-order valence-electron chi connectivity index (χ1n) is 7.38. The van der Waals surface area contributed by atoms with Crippen molar-refractivity contribution in [3.05, 3.63) is 17.7 Å². The van der Waals surface area contributed by atoms with E-state index in [9.17, 15) is 9.90 Å². The number of nitrogens with one attached hydrogen (secondary N) is 1. The fourth-order valence-corrected chi connectivity index (χ4v) is 2.60. The zero-order valence-electron chi connectivity index (χ0n) is 12.5. The molecule has 0 bridgehead atoms. The van der Waals surface area contributed by atoms with E-state index in [1.54, 1.807) is 0 Å². The van der Waals surface area contributed by atoms with Crippen LogP contribution in [-0.2, 0) is 4.74 Å². The fourth-order valence-electron chi connectivity index (χ4n) is 2.60. The molecule has 1 fully saturated rings. The molecule has 2 N–H and O–H groups in total. The predicted octanol–water partition coefficient (Wildman–Crippen LogP) is 0.571. The van der Waals surface area contributed by atoms with Crippen molar-refractivity contribution in [3.63, 3.8) is 0 Å². The first kappa shape index (κ1) is 14.9. The van der Waals surface area contributed by atoms with Crippen molar-refractivity contribution < 1.29 is 24.1 Å². The van der Waals surface area contributed by atoms with Crippen LogP contribution >= 0.6 is 0 Å². The van der Waals surface area contributed by atoms with Gasteiger partial charge in [0, 0.05) is 37.8 Å². The number of aromatic hydroxyl groups is 1. The van der Waals surface area contributed by atoms with Crippen LogP contribution in [0.1, 0.15) is 17.3 Å². The maximum absolute atomic E-state index is 12.2. The minimum absolute atomic E-state index is 0.105. The number of carbonyl (C=O) groups excluding carboxylic acids is 1. The second kappa shape index (κ2) is 6.41. The van der Waals surface area contributed by atoms with E-state index in [1.807, 2.05) is 0 Å². The summed E-state index contributed by atoms with van der Waals surface area (Å²) in [4.78, 5) is 14.5. The molecule has 2 aliphatic heterocycles. The van der Waals surface area contributed by atoms with Gasteiger partial charge in [-0.25, -0.2) is 0 Å². The zero-order valence-corrected chi connectivity index (χ0v) is 12.5. The highest BCUT2D eigenvalue weighted by molar-refractivity contribution is 5.97. The van der Waals surface area contributed by atoms with E-state index in [-0.39, 0.29) is 30.1 Å². The van der Waals surface area contributed by atoms with E-state index in [4.69, 9.17) is 14.2 Å². The second-order valence-electron chi connectivity index (χ2n) is 5.43. The number of phenols is 1. The third-order valence-corrected chi connectivity index (χ3v) is 3.96. The predicted molar refractivity (Wildman–Crippen MR) is 78.4 cm³/mol. The topological polar surface area (TPSA) is 80.3 Å². The van der Waals surface area contributed by atoms with Gasteiger partial charge in [0.25, 0.3) is 5.91 Å². The van der Waals surface area contributed by atoms with E-state index < -0.39 is 0 Å². The molecule has 0 spiro atoms. The van der Waals surface area contributed by atoms with E-state index in [1.165, 1.54) is 12.1 Å². The lowest BCUT2D eigenvalue weighted by molar-refractivity contribution is 0.0204. The molecule has 1 atom stereocenters. The average Bonchev–Trinajstić information content (AvgIpc) is 2.99. The molecule has 1 aromatic carbocycles. The second-order valence-corrected chi connectivity index (χ2v) is 5.43. The molecule has 7 heteroatoms. The van der Waals surface area contributed by atoms with Gasteiger partial charge in [0.15, 0.2) is 11.5 Å². The third-order valence-electron chi connectivity index (χ3n) is 3.96. The number of nitrogens with zero attached hydrogens (tertiary/aromatic N) is 1. The smallest absolute Gasteiger partial charge is 0.255 e. The molecular weight excluding hydrogens is 288 g/mol. The quantitative estimate of drug-likeness (QED) is 0.846. The normalized spacial score (nSPS) is 19.0. The van der Waals surface area contributed by atoms with Crippen molar-refractivity contribution in [1.82, 2.24) is 10.2 Å². The number of carbonyl (C=O) groups is 1. The molecule has 2 aliphatic rings. The Kier molecular flexibility index (Phi) is 4.35. The molecule has 1 aromatic rings. The molecule has 0 aliphatic carbocycles. The number of hydrogen-bond acceptors (Lipinski definition) is 6. The van der Waals surface area contributed by atoms with Gasteiger partial charge < -0.3 is 24.6 Å². The van der Waals surface area contributed by atoms with Crippen LogP contribution in [0.5, 0.6) is 17.2 Å². The summed E-state index contributed by atoms with van der Waals surface area (Å²) in [5.74, 6) is 0.497. The molecule has 3 rings (SSSR count). The van der Waals surface area contributed by atoms with Gasteiger partial charge in [-0.1, -0.05) is 0 Å². The van der Waals surface area contributed by atoms with Crippen LogP contribution in [0.15, 0.2) is 12.1 Å². The average molecular weight is 308 g/mol. The summed E-state index contributed by atoms with van der Waals surface area (Å²) in [6.45, 7) is 5.85. The summed E-state index contributed by atoms with van der Waals surface area (Å²) >= 11 is 0. The van der Waals surface area contributed by atoms with Gasteiger partial charge in [-0.05, 0) is 6.92 Å². The summed E-state index contributed by atoms with van der Waals surface area (Å²) < 4.78 is 15.7. The monoisotopic (exact) mass is 308 g/mol. The molecule has 0 aromatic heterocycles. The largest absolute Gasteiger partial charge is 0.507 e. The summed E-state index contributed by atoms with van der Waals surface area (Å²) in [5, 5.41) is 12.8. The van der Waals surface area contributed by atoms with Gasteiger partial charge in [0.2, 0.25) is 6.79 Å². The van der Waals surface area contributed by atoms with Crippen LogP contribution in [0, 0.1) is 0 Å². The van der Waals surface area contributed by atoms with Crippen molar-refractivity contribution >= 4 is 5.91 Å². The van der Waals surface area contributed by atoms with Gasteiger partial charge >= 0.3 is 0 Å². The maximum atomic E-state index is 12.2. The van der Waals surface area contributed by atoms with Crippen LogP contribution < -0.4 is 14.8 Å². The number of rotatable bonds is 4. The third kappa shape index (κ3) is 3.10. The molecule has 2 heterocycles. The Morgan fingerprint density at radius 1 is 1.32 bits per heavy atom. The number of morpholine rings is 1. The molecule has 120 valence electrons. The summed E-state index contributed by atoms with van der Waals surface area (Å²) in [7, 11) is 0. The van der Waals surface area contributed by atoms with Gasteiger partial charge in [-0.15, -0.1) is 0 Å². The SMILES string of the molecule is CC(CNC(=O)c1cc2c(cc1O)OCO2)N1CCOCC1. The van der Waals surface area contributed by atoms with Crippen LogP contribution in [-0.4, -0.2) is 61.6 Å². The van der Waals surface area contributed by atoms with Crippen LogP contribution in [0.2, 0.25) is 0 Å². The highest BCUT2D eigenvalue weighted by atomic mass is 16.7. The molecule has 1 saturated heterocycles. The van der Waals surface area contributed by atoms with Gasteiger partial charge in [0.1, 0.15) is 5.75 Å². The highest BCUT2D eigenvalue weighted by Crippen LogP contribution is 2.37. The molecule has 22 heavy (non-hydrogen) atoms. The lowest BCUT2D eigenvalue weighted by Gasteiger charge is -2.32. The maximum Gasteiger partial charge on any atom is 0.255 e. The first-order chi connectivity index (χ1) is 10.6. The van der Waals surface area contributed by atoms with E-state index in [0.717, 1.165) is 26.3 Å². The summed E-state index contributed by atoms with van der Waals surface area (Å²) in [6, 6.07) is 3.12. The first-order valence-corrected chi connectivity index (χ1v) is 7.38. The van der Waals surface area contributed by atoms with Crippen molar-refractivity contribution in [2.75, 3.05) is 39.6 Å². The molecule has 0 radical (unpaired) electrons. The standard InChI is InChI=1S/C15H20N2O5/c1-10(17-2-4-20-5-3-17)8-16-15(19)11-6-13-14(7-12(11)18)22-9-21-13/h6-7,10,18H,2-5,8-9H2,1H3,(H,16,19). The lowest BCUT2D eigenvalue weighted by atomic mass is 10.1. The van der Waals surface area contributed by atoms with E-state index >= 15 is 0 Å². The number of benzene rings is 1. The fraction of sp³-hybridized carbons (Fsp3) is 0.533. The Morgan fingerprint density at radius 3 is 2.73 bits per heavy atom. The molecule has 7 nitrogen and oxygen atoms in total. The number of amides is 1. The van der Waals surface area contributed by atoms with Crippen molar-refractivity contribution in [2.24, 2.45) is 0 Å². The Labute approximate surface area is 128 Å². The Bertz CT molecular complexity index is 557. The van der Waals surface area contributed by atoms with Crippen molar-refractivity contribution in [1.29, 1.82) is 0 Å². The minimum atomic E-state index is -0.323. The number of phenolic OH excluding ortho intramolecular Hbond substituents is 1. The molecule has 1 unspecified atom stereocenters. The highest BCUT2D eigenvalue weighted by Gasteiger charge is 2.22. The molecule has 0 saturated carbocycles. The Morgan fingerprint density at radius 2 is 2.00 bits per heavy atom. The molecule has 1 amide bonds.